The first-order chi connectivity index (χ1) is 11.8. The summed E-state index contributed by atoms with van der Waals surface area (Å²) in [6.45, 7) is 6.48. The Bertz CT molecular complexity index is 487. The topological polar surface area (TPSA) is 87.7 Å². The van der Waals surface area contributed by atoms with Gasteiger partial charge in [0.2, 0.25) is 11.8 Å². The van der Waals surface area contributed by atoms with Crippen molar-refractivity contribution >= 4 is 17.9 Å². The SMILES string of the molecule is CC(C)(C)OC(=O)N1CCC(C(=O)NNC(=O)C2CCCCC2)CC1. The third-order valence-corrected chi connectivity index (χ3v) is 4.80. The molecule has 1 saturated carbocycles. The van der Waals surface area contributed by atoms with Crippen molar-refractivity contribution in [3.8, 4) is 0 Å². The molecule has 0 radical (unpaired) electrons. The van der Waals surface area contributed by atoms with Gasteiger partial charge in [-0.05, 0) is 46.5 Å². The third kappa shape index (κ3) is 6.21. The van der Waals surface area contributed by atoms with Crippen molar-refractivity contribution in [1.82, 2.24) is 15.8 Å². The van der Waals surface area contributed by atoms with Gasteiger partial charge < -0.3 is 9.64 Å². The molecular weight excluding hydrogens is 322 g/mol. The lowest BCUT2D eigenvalue weighted by molar-refractivity contribution is -0.134. The summed E-state index contributed by atoms with van der Waals surface area (Å²) in [5.41, 5.74) is 4.61. The number of nitrogens with zero attached hydrogens (tertiary/aromatic N) is 1. The predicted molar refractivity (Wildman–Crippen MR) is 93.4 cm³/mol. The molecule has 0 unspecified atom stereocenters. The van der Waals surface area contributed by atoms with Crippen molar-refractivity contribution in [2.24, 2.45) is 11.8 Å². The monoisotopic (exact) mass is 353 g/mol. The number of ether oxygens (including phenoxy) is 1. The Morgan fingerprint density at radius 1 is 0.840 bits per heavy atom. The Morgan fingerprint density at radius 3 is 1.80 bits per heavy atom. The summed E-state index contributed by atoms with van der Waals surface area (Å²) in [7, 11) is 0. The number of hydrazine groups is 1. The van der Waals surface area contributed by atoms with Gasteiger partial charge in [-0.3, -0.25) is 20.4 Å². The zero-order valence-corrected chi connectivity index (χ0v) is 15.6. The van der Waals surface area contributed by atoms with Crippen molar-refractivity contribution < 1.29 is 19.1 Å². The molecule has 0 aromatic carbocycles. The lowest BCUT2D eigenvalue weighted by atomic mass is 9.89. The molecule has 2 N–H and O–H groups in total. The van der Waals surface area contributed by atoms with Crippen LogP contribution in [0.4, 0.5) is 4.79 Å². The van der Waals surface area contributed by atoms with Crippen molar-refractivity contribution in [3.63, 3.8) is 0 Å². The number of hydrogen-bond acceptors (Lipinski definition) is 4. The summed E-state index contributed by atoms with van der Waals surface area (Å²) in [6, 6.07) is 0. The van der Waals surface area contributed by atoms with Gasteiger partial charge in [-0.25, -0.2) is 4.79 Å². The molecule has 0 aromatic rings. The first-order valence-electron chi connectivity index (χ1n) is 9.34. The summed E-state index contributed by atoms with van der Waals surface area (Å²) < 4.78 is 5.35. The minimum atomic E-state index is -0.519. The highest BCUT2D eigenvalue weighted by molar-refractivity contribution is 5.84. The molecule has 1 heterocycles. The normalized spacial score (nSPS) is 20.0. The summed E-state index contributed by atoms with van der Waals surface area (Å²) in [5, 5.41) is 0. The van der Waals surface area contributed by atoms with Crippen molar-refractivity contribution in [2.75, 3.05) is 13.1 Å². The quantitative estimate of drug-likeness (QED) is 0.746. The van der Waals surface area contributed by atoms with Gasteiger partial charge in [-0.2, -0.15) is 0 Å². The first-order valence-corrected chi connectivity index (χ1v) is 9.34. The molecule has 0 bridgehead atoms. The fourth-order valence-electron chi connectivity index (χ4n) is 3.34. The van der Waals surface area contributed by atoms with Gasteiger partial charge in [-0.1, -0.05) is 19.3 Å². The number of carbonyl (C=O) groups is 3. The van der Waals surface area contributed by atoms with Crippen LogP contribution < -0.4 is 10.9 Å². The van der Waals surface area contributed by atoms with Crippen LogP contribution in [0.25, 0.3) is 0 Å². The van der Waals surface area contributed by atoms with E-state index in [1.165, 1.54) is 6.42 Å². The number of amides is 3. The molecule has 0 aromatic heterocycles. The third-order valence-electron chi connectivity index (χ3n) is 4.80. The van der Waals surface area contributed by atoms with E-state index in [-0.39, 0.29) is 29.7 Å². The van der Waals surface area contributed by atoms with Crippen LogP contribution in [0.15, 0.2) is 0 Å². The number of hydrogen-bond donors (Lipinski definition) is 2. The van der Waals surface area contributed by atoms with Gasteiger partial charge in [-0.15, -0.1) is 0 Å². The maximum Gasteiger partial charge on any atom is 0.410 e. The van der Waals surface area contributed by atoms with Crippen molar-refractivity contribution in [3.05, 3.63) is 0 Å². The van der Waals surface area contributed by atoms with E-state index in [9.17, 15) is 14.4 Å². The van der Waals surface area contributed by atoms with Crippen LogP contribution in [0.1, 0.15) is 65.7 Å². The zero-order valence-electron chi connectivity index (χ0n) is 15.6. The second kappa shape index (κ2) is 8.54. The maximum absolute atomic E-state index is 12.2. The van der Waals surface area contributed by atoms with E-state index in [1.54, 1.807) is 4.90 Å². The lowest BCUT2D eigenvalue weighted by Crippen LogP contribution is -2.50. The molecule has 0 atom stereocenters. The summed E-state index contributed by atoms with van der Waals surface area (Å²) in [5.74, 6) is -0.430. The van der Waals surface area contributed by atoms with E-state index in [2.05, 4.69) is 10.9 Å². The van der Waals surface area contributed by atoms with Crippen LogP contribution in [0, 0.1) is 11.8 Å². The van der Waals surface area contributed by atoms with E-state index in [0.717, 1.165) is 25.7 Å². The second-order valence-electron chi connectivity index (χ2n) is 8.06. The van der Waals surface area contributed by atoms with Crippen LogP contribution in [-0.4, -0.2) is 41.5 Å². The van der Waals surface area contributed by atoms with E-state index in [4.69, 9.17) is 4.74 Å². The Hall–Kier alpha value is -1.79. The number of rotatable bonds is 2. The molecule has 25 heavy (non-hydrogen) atoms. The number of piperidine rings is 1. The number of likely N-dealkylation sites (tertiary alicyclic amines) is 1. The van der Waals surface area contributed by atoms with Gasteiger partial charge in [0, 0.05) is 24.9 Å². The molecule has 142 valence electrons. The number of carbonyl (C=O) groups excluding carboxylic acids is 3. The lowest BCUT2D eigenvalue weighted by Gasteiger charge is -2.33. The summed E-state index contributed by atoms with van der Waals surface area (Å²) in [4.78, 5) is 38.0. The van der Waals surface area contributed by atoms with Gasteiger partial charge in [0.25, 0.3) is 0 Å². The van der Waals surface area contributed by atoms with E-state index in [0.29, 0.717) is 25.9 Å². The average molecular weight is 353 g/mol. The molecule has 1 aliphatic heterocycles. The highest BCUT2D eigenvalue weighted by atomic mass is 16.6. The second-order valence-corrected chi connectivity index (χ2v) is 8.06. The van der Waals surface area contributed by atoms with Crippen LogP contribution in [0.3, 0.4) is 0 Å². The van der Waals surface area contributed by atoms with Crippen molar-refractivity contribution in [2.45, 2.75) is 71.3 Å². The molecule has 1 saturated heterocycles. The van der Waals surface area contributed by atoms with Gasteiger partial charge in [0.1, 0.15) is 5.60 Å². The smallest absolute Gasteiger partial charge is 0.410 e. The van der Waals surface area contributed by atoms with E-state index in [1.807, 2.05) is 20.8 Å². The molecule has 7 nitrogen and oxygen atoms in total. The predicted octanol–water partition coefficient (Wildman–Crippen LogP) is 2.36. The van der Waals surface area contributed by atoms with Crippen molar-refractivity contribution in [1.29, 1.82) is 0 Å². The van der Waals surface area contributed by atoms with Gasteiger partial charge in [0.05, 0.1) is 0 Å². The molecule has 2 fully saturated rings. The Morgan fingerprint density at radius 2 is 1.32 bits per heavy atom. The summed E-state index contributed by atoms with van der Waals surface area (Å²) >= 11 is 0. The minimum Gasteiger partial charge on any atom is -0.444 e. The highest BCUT2D eigenvalue weighted by Crippen LogP contribution is 2.23. The molecular formula is C18H31N3O4. The van der Waals surface area contributed by atoms with Crippen LogP contribution in [-0.2, 0) is 14.3 Å². The molecule has 0 spiro atoms. The average Bonchev–Trinajstić information content (AvgIpc) is 2.58. The van der Waals surface area contributed by atoms with E-state index >= 15 is 0 Å². The standard InChI is InChI=1S/C18H31N3O4/c1-18(2,3)25-17(24)21-11-9-14(10-12-21)16(23)20-19-15(22)13-7-5-4-6-8-13/h13-14H,4-12H2,1-3H3,(H,19,22)(H,20,23). The zero-order chi connectivity index (χ0) is 18.4. The van der Waals surface area contributed by atoms with Crippen LogP contribution in [0.5, 0.6) is 0 Å². The largest absolute Gasteiger partial charge is 0.444 e. The molecule has 1 aliphatic carbocycles. The van der Waals surface area contributed by atoms with Gasteiger partial charge >= 0.3 is 6.09 Å². The van der Waals surface area contributed by atoms with E-state index < -0.39 is 5.60 Å². The van der Waals surface area contributed by atoms with Crippen LogP contribution in [0.2, 0.25) is 0 Å². The minimum absolute atomic E-state index is 0.0167. The molecule has 3 amide bonds. The van der Waals surface area contributed by atoms with Gasteiger partial charge in [0.15, 0.2) is 0 Å². The Labute approximate surface area is 149 Å². The highest BCUT2D eigenvalue weighted by Gasteiger charge is 2.30. The Balaban J connectivity index is 1.70. The first kappa shape index (κ1) is 19.5. The number of nitrogens with one attached hydrogen (secondary N) is 2. The maximum atomic E-state index is 12.2. The van der Waals surface area contributed by atoms with Crippen LogP contribution >= 0.6 is 0 Å². The summed E-state index contributed by atoms with van der Waals surface area (Å²) in [6.07, 6.45) is 5.95. The fourth-order valence-corrected chi connectivity index (χ4v) is 3.34. The molecule has 2 rings (SSSR count). The molecule has 2 aliphatic rings. The fraction of sp³-hybridized carbons (Fsp3) is 0.833. The Kier molecular flexibility index (Phi) is 6.67. The molecule has 7 heteroatoms.